The largest absolute Gasteiger partial charge is 0.338 e. The average Bonchev–Trinajstić information content (AvgIpc) is 3.47. The van der Waals surface area contributed by atoms with Crippen LogP contribution < -0.4 is 15.5 Å². The van der Waals surface area contributed by atoms with E-state index in [1.165, 1.54) is 4.88 Å². The first kappa shape index (κ1) is 19.9. The van der Waals surface area contributed by atoms with Crippen LogP contribution in [-0.2, 0) is 0 Å². The summed E-state index contributed by atoms with van der Waals surface area (Å²) in [6.45, 7) is 3.72. The molecule has 1 aromatic carbocycles. The number of hydrogen-bond donors (Lipinski definition) is 2. The van der Waals surface area contributed by atoms with Crippen molar-refractivity contribution in [3.8, 4) is 9.75 Å². The lowest BCUT2D eigenvalue weighted by Gasteiger charge is -2.32. The van der Waals surface area contributed by atoms with E-state index in [4.69, 9.17) is 4.98 Å². The number of likely N-dealkylation sites (N-methyl/N-ethyl adjacent to an activating group) is 1. The fourth-order valence-electron chi connectivity index (χ4n) is 3.24. The second-order valence-electron chi connectivity index (χ2n) is 7.20. The van der Waals surface area contributed by atoms with E-state index >= 15 is 0 Å². The molecule has 2 N–H and O–H groups in total. The highest BCUT2D eigenvalue weighted by Gasteiger charge is 2.19. The van der Waals surface area contributed by atoms with Crippen molar-refractivity contribution in [3.05, 3.63) is 54.0 Å². The Labute approximate surface area is 188 Å². The average molecular weight is 451 g/mol. The first-order chi connectivity index (χ1) is 15.2. The van der Waals surface area contributed by atoms with Gasteiger partial charge in [-0.2, -0.15) is 15.0 Å². The van der Waals surface area contributed by atoms with Gasteiger partial charge in [0.25, 0.3) is 0 Å². The summed E-state index contributed by atoms with van der Waals surface area (Å²) >= 11 is 3.29. The van der Waals surface area contributed by atoms with Crippen molar-refractivity contribution in [2.24, 2.45) is 0 Å². The third-order valence-electron chi connectivity index (χ3n) is 4.93. The van der Waals surface area contributed by atoms with Gasteiger partial charge in [-0.15, -0.1) is 11.3 Å². The van der Waals surface area contributed by atoms with Crippen LogP contribution in [0.15, 0.2) is 54.0 Å². The molecule has 8 nitrogen and oxygen atoms in total. The lowest BCUT2D eigenvalue weighted by molar-refractivity contribution is 0.311. The van der Waals surface area contributed by atoms with Crippen molar-refractivity contribution < 1.29 is 0 Å². The molecule has 0 aliphatic carbocycles. The third kappa shape index (κ3) is 4.82. The van der Waals surface area contributed by atoms with E-state index in [9.17, 15) is 0 Å². The van der Waals surface area contributed by atoms with Crippen LogP contribution in [0.2, 0.25) is 0 Å². The molecule has 158 valence electrons. The molecule has 5 rings (SSSR count). The number of anilines is 5. The SMILES string of the molecule is CN1CCN(c2nc(Nc3ccccc3)nc(Nc3ncc(-c4cccs4)s3)n2)CC1. The smallest absolute Gasteiger partial charge is 0.235 e. The molecule has 0 amide bonds. The summed E-state index contributed by atoms with van der Waals surface area (Å²) in [4.78, 5) is 25.3. The van der Waals surface area contributed by atoms with Gasteiger partial charge < -0.3 is 15.1 Å². The summed E-state index contributed by atoms with van der Waals surface area (Å²) in [6, 6.07) is 14.0. The monoisotopic (exact) mass is 450 g/mol. The standard InChI is InChI=1S/C21H22N8S2/c1-28-9-11-29(12-10-28)20-25-18(23-15-6-3-2-4-7-15)24-19(26-20)27-21-22-14-17(31-21)16-8-5-13-30-16/h2-8,13-14H,9-12H2,1H3,(H2,22,23,24,25,26,27). The highest BCUT2D eigenvalue weighted by atomic mass is 32.1. The number of para-hydroxylation sites is 1. The van der Waals surface area contributed by atoms with Gasteiger partial charge in [-0.25, -0.2) is 4.98 Å². The van der Waals surface area contributed by atoms with Crippen LogP contribution in [-0.4, -0.2) is 58.1 Å². The molecule has 1 fully saturated rings. The fraction of sp³-hybridized carbons (Fsp3) is 0.238. The molecule has 0 saturated carbocycles. The molecule has 31 heavy (non-hydrogen) atoms. The van der Waals surface area contributed by atoms with Crippen LogP contribution in [0.1, 0.15) is 0 Å². The molecule has 4 heterocycles. The van der Waals surface area contributed by atoms with Gasteiger partial charge in [0, 0.05) is 42.9 Å². The Kier molecular flexibility index (Phi) is 5.74. The molecule has 3 aromatic heterocycles. The van der Waals surface area contributed by atoms with Crippen molar-refractivity contribution in [1.82, 2.24) is 24.8 Å². The predicted octanol–water partition coefficient (Wildman–Crippen LogP) is 4.30. The molecule has 0 spiro atoms. The van der Waals surface area contributed by atoms with Crippen LogP contribution >= 0.6 is 22.7 Å². The van der Waals surface area contributed by atoms with Crippen molar-refractivity contribution in [1.29, 1.82) is 0 Å². The van der Waals surface area contributed by atoms with Crippen LogP contribution in [0.4, 0.5) is 28.7 Å². The molecule has 0 radical (unpaired) electrons. The van der Waals surface area contributed by atoms with Crippen LogP contribution in [0.25, 0.3) is 9.75 Å². The number of benzene rings is 1. The van der Waals surface area contributed by atoms with E-state index in [1.54, 1.807) is 22.7 Å². The van der Waals surface area contributed by atoms with Gasteiger partial charge in [0.15, 0.2) is 5.13 Å². The highest BCUT2D eigenvalue weighted by molar-refractivity contribution is 7.23. The van der Waals surface area contributed by atoms with E-state index in [2.05, 4.69) is 53.9 Å². The molecule has 10 heteroatoms. The summed E-state index contributed by atoms with van der Waals surface area (Å²) in [5.74, 6) is 1.65. The molecular weight excluding hydrogens is 428 g/mol. The first-order valence-corrected chi connectivity index (χ1v) is 11.7. The van der Waals surface area contributed by atoms with E-state index in [0.717, 1.165) is 41.9 Å². The zero-order chi connectivity index (χ0) is 21.0. The molecular formula is C21H22N8S2. The van der Waals surface area contributed by atoms with Crippen LogP contribution in [0.5, 0.6) is 0 Å². The summed E-state index contributed by atoms with van der Waals surface area (Å²) in [7, 11) is 2.13. The van der Waals surface area contributed by atoms with Gasteiger partial charge in [0.1, 0.15) is 0 Å². The molecule has 1 aliphatic heterocycles. The minimum atomic E-state index is 0.481. The van der Waals surface area contributed by atoms with Crippen molar-refractivity contribution in [2.45, 2.75) is 0 Å². The van der Waals surface area contributed by atoms with Gasteiger partial charge >= 0.3 is 0 Å². The number of piperazine rings is 1. The number of nitrogens with zero attached hydrogens (tertiary/aromatic N) is 6. The maximum Gasteiger partial charge on any atom is 0.235 e. The highest BCUT2D eigenvalue weighted by Crippen LogP contribution is 2.33. The minimum Gasteiger partial charge on any atom is -0.338 e. The van der Waals surface area contributed by atoms with E-state index < -0.39 is 0 Å². The Morgan fingerprint density at radius 3 is 2.35 bits per heavy atom. The second kappa shape index (κ2) is 8.96. The molecule has 0 bridgehead atoms. The Morgan fingerprint density at radius 1 is 0.839 bits per heavy atom. The number of thiazole rings is 1. The Balaban J connectivity index is 1.42. The number of nitrogens with one attached hydrogen (secondary N) is 2. The van der Waals surface area contributed by atoms with Crippen LogP contribution in [0.3, 0.4) is 0 Å². The summed E-state index contributed by atoms with van der Waals surface area (Å²) in [6.07, 6.45) is 1.88. The number of rotatable bonds is 6. The fourth-order valence-corrected chi connectivity index (χ4v) is 4.86. The van der Waals surface area contributed by atoms with Crippen molar-refractivity contribution >= 4 is 51.3 Å². The third-order valence-corrected chi connectivity index (χ3v) is 6.91. The van der Waals surface area contributed by atoms with Gasteiger partial charge in [0.05, 0.1) is 4.88 Å². The summed E-state index contributed by atoms with van der Waals surface area (Å²) in [5.41, 5.74) is 0.929. The van der Waals surface area contributed by atoms with Crippen LogP contribution in [0, 0.1) is 0 Å². The van der Waals surface area contributed by atoms with E-state index in [1.807, 2.05) is 42.6 Å². The first-order valence-electron chi connectivity index (χ1n) is 10.0. The van der Waals surface area contributed by atoms with Gasteiger partial charge in [-0.1, -0.05) is 35.6 Å². The number of hydrogen-bond acceptors (Lipinski definition) is 10. The van der Waals surface area contributed by atoms with Crippen molar-refractivity contribution in [2.75, 3.05) is 48.8 Å². The quantitative estimate of drug-likeness (QED) is 0.450. The molecule has 0 atom stereocenters. The van der Waals surface area contributed by atoms with Crippen molar-refractivity contribution in [3.63, 3.8) is 0 Å². The Morgan fingerprint density at radius 2 is 1.61 bits per heavy atom. The molecule has 1 aliphatic rings. The Bertz CT molecular complexity index is 1120. The van der Waals surface area contributed by atoms with E-state index in [-0.39, 0.29) is 0 Å². The number of thiophene rings is 1. The van der Waals surface area contributed by atoms with Gasteiger partial charge in [0.2, 0.25) is 17.8 Å². The zero-order valence-corrected chi connectivity index (χ0v) is 18.7. The minimum absolute atomic E-state index is 0.481. The number of aromatic nitrogens is 4. The lowest BCUT2D eigenvalue weighted by atomic mass is 10.3. The second-order valence-corrected chi connectivity index (χ2v) is 9.17. The predicted molar refractivity (Wildman–Crippen MR) is 128 cm³/mol. The molecule has 0 unspecified atom stereocenters. The summed E-state index contributed by atoms with van der Waals surface area (Å²) in [5, 5.41) is 9.39. The summed E-state index contributed by atoms with van der Waals surface area (Å²) < 4.78 is 0. The normalized spacial score (nSPS) is 14.5. The van der Waals surface area contributed by atoms with Gasteiger partial charge in [-0.3, -0.25) is 5.32 Å². The van der Waals surface area contributed by atoms with Gasteiger partial charge in [-0.05, 0) is 30.6 Å². The maximum atomic E-state index is 4.69. The Hall–Kier alpha value is -3.08. The maximum absolute atomic E-state index is 4.69. The zero-order valence-electron chi connectivity index (χ0n) is 17.0. The topological polar surface area (TPSA) is 82.1 Å². The molecule has 4 aromatic rings. The molecule has 1 saturated heterocycles. The lowest BCUT2D eigenvalue weighted by Crippen LogP contribution is -2.45. The van der Waals surface area contributed by atoms with E-state index in [0.29, 0.717) is 17.8 Å².